The molecular weight excluding hydrogens is 270 g/mol. The summed E-state index contributed by atoms with van der Waals surface area (Å²) in [5.41, 5.74) is 12.7. The number of aryl methyl sites for hydroxylation is 1. The number of primary amides is 1. The minimum Gasteiger partial charge on any atom is -0.398 e. The van der Waals surface area contributed by atoms with Crippen LogP contribution in [-0.2, 0) is 18.4 Å². The molecule has 2 rings (SSSR count). The van der Waals surface area contributed by atoms with E-state index in [1.807, 2.05) is 6.07 Å². The maximum atomic E-state index is 12.4. The number of anilines is 1. The summed E-state index contributed by atoms with van der Waals surface area (Å²) in [5.74, 6) is -0.952. The average Bonchev–Trinajstić information content (AvgIpc) is 2.86. The summed E-state index contributed by atoms with van der Waals surface area (Å²) >= 11 is 0. The molecule has 0 spiro atoms. The number of amides is 2. The molecule has 21 heavy (non-hydrogen) atoms. The number of aromatic nitrogens is 2. The van der Waals surface area contributed by atoms with Gasteiger partial charge in [0.05, 0.1) is 0 Å². The SMILES string of the molecule is Cn1ccc(C(=O)N(CC(N)=O)Cc2ccccc2N)n1. The van der Waals surface area contributed by atoms with Crippen molar-refractivity contribution in [3.63, 3.8) is 0 Å². The fourth-order valence-corrected chi connectivity index (χ4v) is 1.96. The lowest BCUT2D eigenvalue weighted by Gasteiger charge is -2.21. The zero-order valence-electron chi connectivity index (χ0n) is 11.7. The van der Waals surface area contributed by atoms with E-state index < -0.39 is 5.91 Å². The van der Waals surface area contributed by atoms with Crippen molar-refractivity contribution in [2.45, 2.75) is 6.54 Å². The quantitative estimate of drug-likeness (QED) is 0.762. The van der Waals surface area contributed by atoms with E-state index in [1.165, 1.54) is 9.58 Å². The molecule has 2 amide bonds. The van der Waals surface area contributed by atoms with Crippen LogP contribution < -0.4 is 11.5 Å². The molecule has 0 saturated heterocycles. The lowest BCUT2D eigenvalue weighted by molar-refractivity contribution is -0.118. The van der Waals surface area contributed by atoms with Gasteiger partial charge in [-0.2, -0.15) is 5.10 Å². The Kier molecular flexibility index (Phi) is 4.22. The van der Waals surface area contributed by atoms with Crippen LogP contribution in [0, 0.1) is 0 Å². The lowest BCUT2D eigenvalue weighted by Crippen LogP contribution is -2.38. The summed E-state index contributed by atoms with van der Waals surface area (Å²) in [6.07, 6.45) is 1.66. The van der Waals surface area contributed by atoms with Crippen LogP contribution in [0.3, 0.4) is 0 Å². The first kappa shape index (κ1) is 14.6. The van der Waals surface area contributed by atoms with Gasteiger partial charge in [-0.25, -0.2) is 0 Å². The molecule has 4 N–H and O–H groups in total. The van der Waals surface area contributed by atoms with Gasteiger partial charge in [0.25, 0.3) is 5.91 Å². The predicted octanol–water partition coefficient (Wildman–Crippen LogP) is 0.130. The molecule has 0 radical (unpaired) electrons. The minimum absolute atomic E-state index is 0.191. The monoisotopic (exact) mass is 287 g/mol. The van der Waals surface area contributed by atoms with Gasteiger partial charge >= 0.3 is 0 Å². The number of rotatable bonds is 5. The number of nitrogens with zero attached hydrogens (tertiary/aromatic N) is 3. The van der Waals surface area contributed by atoms with Crippen molar-refractivity contribution < 1.29 is 9.59 Å². The van der Waals surface area contributed by atoms with Gasteiger partial charge in [-0.15, -0.1) is 0 Å². The van der Waals surface area contributed by atoms with Gasteiger partial charge in [-0.05, 0) is 17.7 Å². The van der Waals surface area contributed by atoms with Crippen LogP contribution in [0.1, 0.15) is 16.1 Å². The van der Waals surface area contributed by atoms with Crippen molar-refractivity contribution in [1.82, 2.24) is 14.7 Å². The van der Waals surface area contributed by atoms with E-state index in [1.54, 1.807) is 37.5 Å². The molecular formula is C14H17N5O2. The Bertz CT molecular complexity index is 665. The maximum Gasteiger partial charge on any atom is 0.275 e. The zero-order valence-corrected chi connectivity index (χ0v) is 11.7. The van der Waals surface area contributed by atoms with Gasteiger partial charge in [0, 0.05) is 25.5 Å². The van der Waals surface area contributed by atoms with Gasteiger partial charge in [0.2, 0.25) is 5.91 Å². The molecule has 0 aliphatic rings. The third-order valence-electron chi connectivity index (χ3n) is 2.98. The highest BCUT2D eigenvalue weighted by atomic mass is 16.2. The largest absolute Gasteiger partial charge is 0.398 e. The van der Waals surface area contributed by atoms with Crippen molar-refractivity contribution in [2.75, 3.05) is 12.3 Å². The fraction of sp³-hybridized carbons (Fsp3) is 0.214. The number of hydrogen-bond donors (Lipinski definition) is 2. The lowest BCUT2D eigenvalue weighted by atomic mass is 10.1. The van der Waals surface area contributed by atoms with Gasteiger partial charge < -0.3 is 16.4 Å². The predicted molar refractivity (Wildman–Crippen MR) is 78.0 cm³/mol. The van der Waals surface area contributed by atoms with E-state index in [-0.39, 0.29) is 24.7 Å². The molecule has 0 saturated carbocycles. The summed E-state index contributed by atoms with van der Waals surface area (Å²) < 4.78 is 1.52. The van der Waals surface area contributed by atoms with Crippen LogP contribution in [0.4, 0.5) is 5.69 Å². The Hall–Kier alpha value is -2.83. The summed E-state index contributed by atoms with van der Waals surface area (Å²) in [4.78, 5) is 24.9. The second-order valence-electron chi connectivity index (χ2n) is 4.70. The standard InChI is InChI=1S/C14H17N5O2/c1-18-7-6-12(17-18)14(21)19(9-13(16)20)8-10-4-2-3-5-11(10)15/h2-7H,8-9,15H2,1H3,(H2,16,20). The molecule has 1 aromatic carbocycles. The Balaban J connectivity index is 2.24. The first-order chi connectivity index (χ1) is 9.97. The number of para-hydroxylation sites is 1. The number of benzene rings is 1. The Morgan fingerprint density at radius 2 is 2.00 bits per heavy atom. The van der Waals surface area contributed by atoms with Crippen molar-refractivity contribution >= 4 is 17.5 Å². The molecule has 0 aliphatic carbocycles. The Morgan fingerprint density at radius 3 is 2.57 bits per heavy atom. The minimum atomic E-state index is -0.589. The van der Waals surface area contributed by atoms with Gasteiger partial charge in [-0.1, -0.05) is 18.2 Å². The third kappa shape index (κ3) is 3.59. The van der Waals surface area contributed by atoms with E-state index in [9.17, 15) is 9.59 Å². The molecule has 0 fully saturated rings. The second kappa shape index (κ2) is 6.08. The first-order valence-electron chi connectivity index (χ1n) is 6.38. The van der Waals surface area contributed by atoms with E-state index >= 15 is 0 Å². The molecule has 7 nitrogen and oxygen atoms in total. The highest BCUT2D eigenvalue weighted by Gasteiger charge is 2.20. The van der Waals surface area contributed by atoms with Crippen LogP contribution in [0.2, 0.25) is 0 Å². The van der Waals surface area contributed by atoms with Crippen LogP contribution in [0.5, 0.6) is 0 Å². The summed E-state index contributed by atoms with van der Waals surface area (Å²) in [7, 11) is 1.71. The zero-order chi connectivity index (χ0) is 15.4. The maximum absolute atomic E-state index is 12.4. The third-order valence-corrected chi connectivity index (χ3v) is 2.98. The van der Waals surface area contributed by atoms with Crippen LogP contribution >= 0.6 is 0 Å². The number of carbonyl (C=O) groups excluding carboxylic acids is 2. The number of hydrogen-bond acceptors (Lipinski definition) is 4. The molecule has 1 heterocycles. The van der Waals surface area contributed by atoms with E-state index in [0.29, 0.717) is 5.69 Å². The summed E-state index contributed by atoms with van der Waals surface area (Å²) in [6.45, 7) is 0.00869. The van der Waals surface area contributed by atoms with Crippen LogP contribution in [0.25, 0.3) is 0 Å². The summed E-state index contributed by atoms with van der Waals surface area (Å²) in [5, 5.41) is 4.04. The highest BCUT2D eigenvalue weighted by molar-refractivity contribution is 5.94. The molecule has 1 aromatic heterocycles. The van der Waals surface area contributed by atoms with Crippen molar-refractivity contribution in [1.29, 1.82) is 0 Å². The number of carbonyl (C=O) groups is 2. The molecule has 0 aliphatic heterocycles. The van der Waals surface area contributed by atoms with Gasteiger partial charge in [0.15, 0.2) is 0 Å². The Morgan fingerprint density at radius 1 is 1.29 bits per heavy atom. The smallest absolute Gasteiger partial charge is 0.275 e. The molecule has 7 heteroatoms. The molecule has 110 valence electrons. The van der Waals surface area contributed by atoms with Crippen LogP contribution in [0.15, 0.2) is 36.5 Å². The molecule has 0 atom stereocenters. The van der Waals surface area contributed by atoms with E-state index in [0.717, 1.165) is 5.56 Å². The highest BCUT2D eigenvalue weighted by Crippen LogP contribution is 2.15. The Labute approximate surface area is 122 Å². The summed E-state index contributed by atoms with van der Waals surface area (Å²) in [6, 6.07) is 8.75. The molecule has 2 aromatic rings. The van der Waals surface area contributed by atoms with Crippen molar-refractivity contribution in [3.05, 3.63) is 47.8 Å². The van der Waals surface area contributed by atoms with E-state index in [2.05, 4.69) is 5.10 Å². The van der Waals surface area contributed by atoms with E-state index in [4.69, 9.17) is 11.5 Å². The number of nitrogens with two attached hydrogens (primary N) is 2. The molecule has 0 unspecified atom stereocenters. The fourth-order valence-electron chi connectivity index (χ4n) is 1.96. The average molecular weight is 287 g/mol. The normalized spacial score (nSPS) is 10.3. The molecule has 0 bridgehead atoms. The van der Waals surface area contributed by atoms with Gasteiger partial charge in [0.1, 0.15) is 12.2 Å². The number of nitrogen functional groups attached to an aromatic ring is 1. The topological polar surface area (TPSA) is 107 Å². The second-order valence-corrected chi connectivity index (χ2v) is 4.70. The van der Waals surface area contributed by atoms with Crippen molar-refractivity contribution in [3.8, 4) is 0 Å². The van der Waals surface area contributed by atoms with Crippen LogP contribution in [-0.4, -0.2) is 33.0 Å². The van der Waals surface area contributed by atoms with Gasteiger partial charge in [-0.3, -0.25) is 14.3 Å². The van der Waals surface area contributed by atoms with Crippen molar-refractivity contribution in [2.24, 2.45) is 12.8 Å². The first-order valence-corrected chi connectivity index (χ1v) is 6.38.